The first kappa shape index (κ1) is 1.69. The standard InChI is InChI=1S/C9H18NO2/c1-8(2)5-7(11)6-9(3,4)10(8)12/h7,11H,5-6H2,1-4H3/i1D3,2D3,3D3,4D3,5D2,6D2,7D,10+1. The Bertz CT molecular complexity index is 570. The van der Waals surface area contributed by atoms with Gasteiger partial charge in [0.1, 0.15) is 0 Å². The average Bonchev–Trinajstić information content (AvgIpc) is 2.29. The molecule has 1 N–H and O–H groups in total. The second-order valence-corrected chi connectivity index (χ2v) is 2.31. The molecule has 0 bridgehead atoms. The lowest BCUT2D eigenvalue weighted by Crippen LogP contribution is -2.59. The summed E-state index contributed by atoms with van der Waals surface area (Å²) < 4.78 is 129. The summed E-state index contributed by atoms with van der Waals surface area (Å²) in [6.07, 6.45) is -13.6. The van der Waals surface area contributed by atoms with E-state index in [1.54, 1.807) is 0 Å². The SMILES string of the molecule is [2H]C([2H])([2H])C1(C([2H])([2H])[2H])[15N]([O])C(C([2H])([2H])[2H])(C([2H])([2H])[2H])C([2H])([2H])C([2H])(O)C1([2H])[2H]. The van der Waals surface area contributed by atoms with Gasteiger partial charge >= 0.3 is 0 Å². The molecule has 0 atom stereocenters. The van der Waals surface area contributed by atoms with Crippen molar-refractivity contribution < 1.29 is 33.6 Å². The van der Waals surface area contributed by atoms with Gasteiger partial charge in [-0.05, 0) is 40.2 Å². The average molecular weight is 190 g/mol. The minimum Gasteiger partial charge on any atom is -0.393 e. The fourth-order valence-corrected chi connectivity index (χ4v) is 0.727. The topological polar surface area (TPSA) is 43.4 Å². The van der Waals surface area contributed by atoms with Crippen LogP contribution >= 0.6 is 0 Å². The number of hydroxylamine groups is 2. The van der Waals surface area contributed by atoms with Gasteiger partial charge in [0, 0.05) is 33.0 Å². The van der Waals surface area contributed by atoms with Crippen LogP contribution in [0.3, 0.4) is 0 Å². The number of aliphatic hydroxyl groups is 1. The predicted molar refractivity (Wildman–Crippen MR) is 45.9 cm³/mol. The molecular weight excluding hydrogens is 155 g/mol. The van der Waals surface area contributed by atoms with Crippen molar-refractivity contribution in [3.05, 3.63) is 0 Å². The van der Waals surface area contributed by atoms with Crippen LogP contribution in [0.25, 0.3) is 0 Å². The molecule has 0 spiro atoms. The highest BCUT2D eigenvalue weighted by Crippen LogP contribution is 2.36. The molecule has 1 saturated heterocycles. The smallest absolute Gasteiger partial charge is 0.0602 e. The van der Waals surface area contributed by atoms with Crippen molar-refractivity contribution in [3.8, 4) is 0 Å². The van der Waals surface area contributed by atoms with Gasteiger partial charge in [0.05, 0.1) is 7.45 Å². The Morgan fingerprint density at radius 1 is 1.50 bits per heavy atom. The monoisotopic (exact) mass is 190 g/mol. The summed E-state index contributed by atoms with van der Waals surface area (Å²) in [7, 11) is 0. The molecule has 12 heavy (non-hydrogen) atoms. The van der Waals surface area contributed by atoms with Crippen LogP contribution < -0.4 is 0 Å². The number of piperidine rings is 1. The van der Waals surface area contributed by atoms with Crippen molar-refractivity contribution in [2.75, 3.05) is 0 Å². The number of rotatable bonds is 0. The molecule has 1 aliphatic heterocycles. The van der Waals surface area contributed by atoms with E-state index in [1.807, 2.05) is 0 Å². The van der Waals surface area contributed by atoms with Crippen molar-refractivity contribution in [2.24, 2.45) is 0 Å². The van der Waals surface area contributed by atoms with Crippen LogP contribution in [0.5, 0.6) is 0 Å². The maximum Gasteiger partial charge on any atom is 0.0602 e. The van der Waals surface area contributed by atoms with Gasteiger partial charge < -0.3 is 5.11 Å². The molecule has 71 valence electrons. The Hall–Kier alpha value is -0.120. The molecule has 0 aromatic rings. The summed E-state index contributed by atoms with van der Waals surface area (Å²) in [5.74, 6) is 0. The minimum atomic E-state index is -4.64. The van der Waals surface area contributed by atoms with E-state index in [0.717, 1.165) is 0 Å². The Morgan fingerprint density at radius 2 is 1.92 bits per heavy atom. The molecule has 1 fully saturated rings. The lowest BCUT2D eigenvalue weighted by atomic mass is 9.84. The summed E-state index contributed by atoms with van der Waals surface area (Å²) in [5.41, 5.74) is -9.28. The lowest BCUT2D eigenvalue weighted by Gasteiger charge is -2.48. The normalized spacial score (nSPS) is 66.7. The highest BCUT2D eigenvalue weighted by molar-refractivity contribution is 4.95. The maximum absolute atomic E-state index is 13.3. The fourth-order valence-electron chi connectivity index (χ4n) is 0.727. The van der Waals surface area contributed by atoms with Crippen LogP contribution in [0.2, 0.25) is 0 Å². The summed E-state index contributed by atoms with van der Waals surface area (Å²) in [6, 6.07) is 0. The molecule has 0 unspecified atom stereocenters. The highest BCUT2D eigenvalue weighted by atomic mass is 16.8. The van der Waals surface area contributed by atoms with Crippen molar-refractivity contribution in [1.82, 2.24) is 5.06 Å². The third kappa shape index (κ3) is 1.63. The van der Waals surface area contributed by atoms with Gasteiger partial charge in [0.2, 0.25) is 0 Å². The Kier molecular flexibility index (Phi) is 0.378. The van der Waals surface area contributed by atoms with E-state index in [-0.39, 0.29) is 0 Å². The maximum atomic E-state index is 13.3. The van der Waals surface area contributed by atoms with Gasteiger partial charge in [-0.15, -0.1) is 10.3 Å². The third-order valence-corrected chi connectivity index (χ3v) is 1.21. The van der Waals surface area contributed by atoms with Gasteiger partial charge in [-0.2, -0.15) is 0 Å². The Labute approximate surface area is 97.8 Å². The van der Waals surface area contributed by atoms with E-state index in [1.165, 1.54) is 0 Å². The summed E-state index contributed by atoms with van der Waals surface area (Å²) in [6.45, 7) is -17.4. The minimum absolute atomic E-state index is 1.61. The molecule has 0 aromatic carbocycles. The van der Waals surface area contributed by atoms with E-state index < -0.39 is 62.4 Å². The molecule has 3 heteroatoms. The molecule has 1 heterocycles. The van der Waals surface area contributed by atoms with Gasteiger partial charge in [-0.25, -0.2) is 0 Å². The summed E-state index contributed by atoms with van der Waals surface area (Å²) in [4.78, 5) is 0. The van der Waals surface area contributed by atoms with Crippen molar-refractivity contribution >= 4 is 0 Å². The van der Waals surface area contributed by atoms with Crippen LogP contribution in [0.15, 0.2) is 0 Å². The van der Waals surface area contributed by atoms with Crippen LogP contribution in [0, 0.1) is 0 Å². The van der Waals surface area contributed by atoms with Crippen LogP contribution in [0.1, 0.15) is 63.5 Å². The summed E-state index contributed by atoms with van der Waals surface area (Å²) in [5, 5.41) is 22.1. The number of nitrogens with zero attached hydrogens (tertiary/aromatic N) is 1. The molecule has 0 aromatic heterocycles. The molecule has 3 nitrogen and oxygen atoms in total. The Balaban J connectivity index is 4.52. The lowest BCUT2D eigenvalue weighted by molar-refractivity contribution is -0.298. The van der Waals surface area contributed by atoms with Crippen LogP contribution in [0.4, 0.5) is 0 Å². The quantitative estimate of drug-likeness (QED) is 0.586. The second-order valence-electron chi connectivity index (χ2n) is 2.31. The zero-order chi connectivity index (χ0) is 24.1. The molecule has 0 amide bonds. The molecule has 0 aliphatic carbocycles. The first-order valence-corrected chi connectivity index (χ1v) is 2.85. The zero-order valence-electron chi connectivity index (χ0n) is 22.8. The number of hydrogen-bond acceptors (Lipinski definition) is 2. The van der Waals surface area contributed by atoms with E-state index in [0.29, 0.717) is 0 Å². The molecule has 1 rings (SSSR count). The first-order valence-electron chi connectivity index (χ1n) is 11.4. The van der Waals surface area contributed by atoms with Crippen LogP contribution in [-0.2, 0) is 5.21 Å². The molecule has 0 saturated carbocycles. The first-order chi connectivity index (χ1) is 12.2. The van der Waals surface area contributed by atoms with E-state index in [4.69, 9.17) is 23.3 Å². The van der Waals surface area contributed by atoms with Crippen LogP contribution in [-0.4, -0.2) is 27.3 Å². The van der Waals surface area contributed by atoms with Gasteiger partial charge in [0.25, 0.3) is 0 Å². The largest absolute Gasteiger partial charge is 0.393 e. The molecule has 1 aliphatic rings. The van der Waals surface area contributed by atoms with Gasteiger partial charge in [-0.3, -0.25) is 0 Å². The predicted octanol–water partition coefficient (Wildman–Crippen LogP) is 1.35. The fraction of sp³-hybridized carbons (Fsp3) is 1.00. The van der Waals surface area contributed by atoms with Crippen molar-refractivity contribution in [1.29, 1.82) is 0 Å². The van der Waals surface area contributed by atoms with E-state index in [9.17, 15) is 10.3 Å². The molecular formula is C9H18NO2. The molecule has 1 radical (unpaired) electrons. The van der Waals surface area contributed by atoms with Crippen molar-refractivity contribution in [2.45, 2.75) is 57.3 Å². The second kappa shape index (κ2) is 2.69. The van der Waals surface area contributed by atoms with Gasteiger partial charge in [0.15, 0.2) is 0 Å². The summed E-state index contributed by atoms with van der Waals surface area (Å²) >= 11 is 0. The third-order valence-electron chi connectivity index (χ3n) is 1.21. The van der Waals surface area contributed by atoms with Crippen molar-refractivity contribution in [3.63, 3.8) is 0 Å². The highest BCUT2D eigenvalue weighted by Gasteiger charge is 2.45. The zero-order valence-corrected chi connectivity index (χ0v) is 5.80. The van der Waals surface area contributed by atoms with E-state index in [2.05, 4.69) is 0 Å². The number of hydrogen-bond donors (Lipinski definition) is 1. The Morgan fingerprint density at radius 3 is 2.25 bits per heavy atom. The van der Waals surface area contributed by atoms with E-state index >= 15 is 0 Å². The van der Waals surface area contributed by atoms with Gasteiger partial charge in [-0.1, -0.05) is 0 Å².